The Balaban J connectivity index is 0.00000182. The summed E-state index contributed by atoms with van der Waals surface area (Å²) in [5.74, 6) is -0.01000. The zero-order valence-electron chi connectivity index (χ0n) is 15.5. The molecule has 148 valence electrons. The number of halogens is 2. The zero-order valence-corrected chi connectivity index (χ0v) is 17.1. The molecule has 2 atom stereocenters. The van der Waals surface area contributed by atoms with E-state index in [1.807, 2.05) is 31.2 Å². The number of carbonyl (C=O) groups excluding carboxylic acids is 1. The van der Waals surface area contributed by atoms with Crippen LogP contribution in [0.15, 0.2) is 41.2 Å². The fourth-order valence-electron chi connectivity index (χ4n) is 3.36. The highest BCUT2D eigenvalue weighted by atomic mass is 35.5. The van der Waals surface area contributed by atoms with E-state index < -0.39 is 0 Å². The molecule has 27 heavy (non-hydrogen) atoms. The lowest BCUT2D eigenvalue weighted by Gasteiger charge is -2.15. The molecular formula is C19H26Cl2N4O2. The summed E-state index contributed by atoms with van der Waals surface area (Å²) in [6, 6.07) is 12.1. The summed E-state index contributed by atoms with van der Waals surface area (Å²) in [6.45, 7) is 4.52. The van der Waals surface area contributed by atoms with Gasteiger partial charge in [0.1, 0.15) is 0 Å². The van der Waals surface area contributed by atoms with Crippen LogP contribution in [0.4, 0.5) is 0 Å². The van der Waals surface area contributed by atoms with Crippen molar-refractivity contribution in [1.82, 2.24) is 20.2 Å². The summed E-state index contributed by atoms with van der Waals surface area (Å²) < 4.78 is 1.59. The molecule has 1 aliphatic heterocycles. The first-order valence-corrected chi connectivity index (χ1v) is 8.68. The molecule has 8 heteroatoms. The van der Waals surface area contributed by atoms with Crippen molar-refractivity contribution in [1.29, 1.82) is 0 Å². The Hall–Kier alpha value is -1.89. The molecule has 0 saturated carbocycles. The summed E-state index contributed by atoms with van der Waals surface area (Å²) >= 11 is 0. The van der Waals surface area contributed by atoms with Crippen LogP contribution in [0.3, 0.4) is 0 Å². The fraction of sp³-hybridized carbons (Fsp3) is 0.421. The van der Waals surface area contributed by atoms with Crippen LogP contribution in [0.1, 0.15) is 35.8 Å². The van der Waals surface area contributed by atoms with E-state index in [9.17, 15) is 9.59 Å². The summed E-state index contributed by atoms with van der Waals surface area (Å²) in [7, 11) is 0. The monoisotopic (exact) mass is 412 g/mol. The van der Waals surface area contributed by atoms with Crippen LogP contribution in [-0.2, 0) is 11.3 Å². The van der Waals surface area contributed by atoms with E-state index in [2.05, 4.69) is 27.8 Å². The van der Waals surface area contributed by atoms with Gasteiger partial charge in [0.2, 0.25) is 5.91 Å². The van der Waals surface area contributed by atoms with Crippen molar-refractivity contribution in [2.45, 2.75) is 45.3 Å². The van der Waals surface area contributed by atoms with Crippen molar-refractivity contribution in [2.75, 3.05) is 6.54 Å². The second-order valence-corrected chi connectivity index (χ2v) is 6.52. The van der Waals surface area contributed by atoms with Crippen molar-refractivity contribution in [2.24, 2.45) is 0 Å². The molecule has 2 aromatic rings. The normalized spacial score (nSPS) is 18.3. The van der Waals surface area contributed by atoms with Gasteiger partial charge in [0.15, 0.2) is 0 Å². The maximum Gasteiger partial charge on any atom is 0.348 e. The van der Waals surface area contributed by atoms with Crippen LogP contribution in [0, 0.1) is 13.8 Å². The molecule has 6 nitrogen and oxygen atoms in total. The lowest BCUT2D eigenvalue weighted by molar-refractivity contribution is -0.122. The number of aromatic nitrogens is 2. The van der Waals surface area contributed by atoms with Gasteiger partial charge >= 0.3 is 5.69 Å². The van der Waals surface area contributed by atoms with Gasteiger partial charge < -0.3 is 5.32 Å². The van der Waals surface area contributed by atoms with Gasteiger partial charge in [0.05, 0.1) is 6.04 Å². The van der Waals surface area contributed by atoms with Gasteiger partial charge in [-0.15, -0.1) is 24.8 Å². The van der Waals surface area contributed by atoms with Crippen LogP contribution in [-0.4, -0.2) is 28.0 Å². The third-order valence-corrected chi connectivity index (χ3v) is 4.65. The summed E-state index contributed by atoms with van der Waals surface area (Å²) in [6.07, 6.45) is 1.76. The Morgan fingerprint density at radius 3 is 2.59 bits per heavy atom. The van der Waals surface area contributed by atoms with Crippen LogP contribution in [0.25, 0.3) is 0 Å². The molecule has 1 fully saturated rings. The van der Waals surface area contributed by atoms with Crippen molar-refractivity contribution in [3.63, 3.8) is 0 Å². The summed E-state index contributed by atoms with van der Waals surface area (Å²) in [5.41, 5.74) is 2.51. The van der Waals surface area contributed by atoms with Gasteiger partial charge in [0, 0.05) is 30.5 Å². The average Bonchev–Trinajstić information content (AvgIpc) is 3.08. The SMILES string of the molecule is Cc1cc(C)n(CCNC(=O)[C@H]2CC[C@H](c3ccccc3)N2)c(=O)n1.Cl.Cl. The quantitative estimate of drug-likeness (QED) is 0.789. The lowest BCUT2D eigenvalue weighted by atomic mass is 10.1. The largest absolute Gasteiger partial charge is 0.353 e. The number of hydrogen-bond acceptors (Lipinski definition) is 4. The molecule has 0 spiro atoms. The van der Waals surface area contributed by atoms with Crippen molar-refractivity contribution < 1.29 is 4.79 Å². The lowest BCUT2D eigenvalue weighted by Crippen LogP contribution is -2.42. The van der Waals surface area contributed by atoms with E-state index >= 15 is 0 Å². The minimum atomic E-state index is -0.269. The van der Waals surface area contributed by atoms with E-state index in [1.54, 1.807) is 11.5 Å². The highest BCUT2D eigenvalue weighted by Crippen LogP contribution is 2.26. The first-order valence-electron chi connectivity index (χ1n) is 8.68. The molecule has 3 rings (SSSR count). The van der Waals surface area contributed by atoms with Crippen LogP contribution < -0.4 is 16.3 Å². The first-order chi connectivity index (χ1) is 12.0. The first kappa shape index (κ1) is 23.1. The fourth-order valence-corrected chi connectivity index (χ4v) is 3.36. The van der Waals surface area contributed by atoms with Gasteiger partial charge in [-0.3, -0.25) is 14.7 Å². The molecule has 2 heterocycles. The third kappa shape index (κ3) is 5.79. The Morgan fingerprint density at radius 2 is 1.93 bits per heavy atom. The van der Waals surface area contributed by atoms with Gasteiger partial charge in [-0.1, -0.05) is 30.3 Å². The summed E-state index contributed by atoms with van der Waals surface area (Å²) in [5, 5.41) is 6.32. The predicted octanol–water partition coefficient (Wildman–Crippen LogP) is 2.31. The Bertz CT molecular complexity index is 811. The van der Waals surface area contributed by atoms with E-state index in [-0.39, 0.29) is 48.5 Å². The predicted molar refractivity (Wildman–Crippen MR) is 111 cm³/mol. The van der Waals surface area contributed by atoms with E-state index in [4.69, 9.17) is 0 Å². The number of rotatable bonds is 5. The standard InChI is InChI=1S/C19H24N4O2.2ClH/c1-13-12-14(2)23(19(25)21-13)11-10-20-18(24)17-9-8-16(22-17)15-6-4-3-5-7-15;;/h3-7,12,16-17,22H,8-11H2,1-2H3,(H,20,24);2*1H/t16-,17-;;/m1../s1. The minimum Gasteiger partial charge on any atom is -0.353 e. The van der Waals surface area contributed by atoms with E-state index in [0.717, 1.165) is 18.5 Å². The number of hydrogen-bond donors (Lipinski definition) is 2. The molecule has 0 aliphatic carbocycles. The summed E-state index contributed by atoms with van der Waals surface area (Å²) in [4.78, 5) is 28.2. The highest BCUT2D eigenvalue weighted by Gasteiger charge is 2.29. The van der Waals surface area contributed by atoms with Crippen molar-refractivity contribution >= 4 is 30.7 Å². The number of aryl methyl sites for hydroxylation is 2. The van der Waals surface area contributed by atoms with Gasteiger partial charge in [-0.25, -0.2) is 4.79 Å². The molecule has 0 radical (unpaired) electrons. The highest BCUT2D eigenvalue weighted by molar-refractivity contribution is 5.85. The van der Waals surface area contributed by atoms with Crippen LogP contribution in [0.2, 0.25) is 0 Å². The third-order valence-electron chi connectivity index (χ3n) is 4.65. The number of carbonyl (C=O) groups is 1. The number of nitrogens with one attached hydrogen (secondary N) is 2. The molecule has 1 aromatic heterocycles. The van der Waals surface area contributed by atoms with Gasteiger partial charge in [-0.05, 0) is 38.3 Å². The molecular weight excluding hydrogens is 387 g/mol. The minimum absolute atomic E-state index is 0. The number of amides is 1. The van der Waals surface area contributed by atoms with E-state index in [0.29, 0.717) is 18.8 Å². The smallest absolute Gasteiger partial charge is 0.348 e. The maximum absolute atomic E-state index is 12.4. The van der Waals surface area contributed by atoms with Gasteiger partial charge in [-0.2, -0.15) is 4.98 Å². The molecule has 1 saturated heterocycles. The molecule has 1 aliphatic rings. The van der Waals surface area contributed by atoms with Gasteiger partial charge in [0.25, 0.3) is 0 Å². The maximum atomic E-state index is 12.4. The molecule has 1 aromatic carbocycles. The Morgan fingerprint density at radius 1 is 1.22 bits per heavy atom. The topological polar surface area (TPSA) is 76.0 Å². The number of benzene rings is 1. The molecule has 0 bridgehead atoms. The zero-order chi connectivity index (χ0) is 17.8. The van der Waals surface area contributed by atoms with Crippen molar-refractivity contribution in [3.05, 3.63) is 63.8 Å². The van der Waals surface area contributed by atoms with Crippen LogP contribution in [0.5, 0.6) is 0 Å². The van der Waals surface area contributed by atoms with Crippen molar-refractivity contribution in [3.8, 4) is 0 Å². The Kier molecular flexibility index (Phi) is 8.96. The second-order valence-electron chi connectivity index (χ2n) is 6.52. The molecule has 2 N–H and O–H groups in total. The second kappa shape index (κ2) is 10.4. The van der Waals surface area contributed by atoms with E-state index in [1.165, 1.54) is 5.56 Å². The molecule has 1 amide bonds. The number of nitrogens with zero attached hydrogens (tertiary/aromatic N) is 2. The molecule has 0 unspecified atom stereocenters. The van der Waals surface area contributed by atoms with Crippen LogP contribution >= 0.6 is 24.8 Å². The average molecular weight is 413 g/mol. The Labute approximate surface area is 171 Å².